The number of nitrogens with one attached hydrogen (secondary N) is 1. The largest absolute Gasteiger partial charge is 0.352 e. The van der Waals surface area contributed by atoms with Crippen LogP contribution in [-0.4, -0.2) is 28.8 Å². The molecule has 0 aliphatic rings. The Morgan fingerprint density at radius 2 is 1.64 bits per heavy atom. The molecule has 0 aromatic heterocycles. The van der Waals surface area contributed by atoms with Crippen LogP contribution in [-0.2, 0) is 22.6 Å². The molecule has 150 valence electrons. The molecule has 2 aromatic rings. The molecular formula is C23H29BrN2O2. The lowest BCUT2D eigenvalue weighted by Crippen LogP contribution is -2.52. The van der Waals surface area contributed by atoms with E-state index in [0.717, 1.165) is 22.0 Å². The van der Waals surface area contributed by atoms with Gasteiger partial charge in [0.2, 0.25) is 11.8 Å². The first-order valence-corrected chi connectivity index (χ1v) is 10.6. The maximum atomic E-state index is 13.1. The van der Waals surface area contributed by atoms with Crippen LogP contribution in [0.25, 0.3) is 0 Å². The summed E-state index contributed by atoms with van der Waals surface area (Å²) in [4.78, 5) is 27.6. The fraction of sp³-hybridized carbons (Fsp3) is 0.391. The van der Waals surface area contributed by atoms with Gasteiger partial charge in [-0.2, -0.15) is 0 Å². The average Bonchev–Trinajstić information content (AvgIpc) is 2.71. The number of nitrogens with zero attached hydrogens (tertiary/aromatic N) is 1. The zero-order valence-corrected chi connectivity index (χ0v) is 18.4. The van der Waals surface area contributed by atoms with Gasteiger partial charge in [0, 0.05) is 29.9 Å². The van der Waals surface area contributed by atoms with Gasteiger partial charge in [-0.05, 0) is 36.6 Å². The number of amides is 2. The SMILES string of the molecule is CCC(=O)N(Cc1ccc(Br)cc1)[C@H](Cc1ccccc1)C(=O)N[C@@H](C)CC. The third-order valence-electron chi connectivity index (χ3n) is 4.84. The van der Waals surface area contributed by atoms with Gasteiger partial charge >= 0.3 is 0 Å². The minimum atomic E-state index is -0.549. The van der Waals surface area contributed by atoms with Gasteiger partial charge in [-0.1, -0.05) is 72.2 Å². The predicted octanol–water partition coefficient (Wildman–Crippen LogP) is 4.71. The van der Waals surface area contributed by atoms with Crippen LogP contribution in [0, 0.1) is 0 Å². The zero-order valence-electron chi connectivity index (χ0n) is 16.8. The highest BCUT2D eigenvalue weighted by Crippen LogP contribution is 2.18. The van der Waals surface area contributed by atoms with Crippen molar-refractivity contribution in [3.8, 4) is 0 Å². The topological polar surface area (TPSA) is 49.4 Å². The third kappa shape index (κ3) is 6.48. The molecule has 0 bridgehead atoms. The molecular weight excluding hydrogens is 416 g/mol. The van der Waals surface area contributed by atoms with Crippen LogP contribution in [0.3, 0.4) is 0 Å². The van der Waals surface area contributed by atoms with Gasteiger partial charge in [0.05, 0.1) is 0 Å². The van der Waals surface area contributed by atoms with E-state index in [2.05, 4.69) is 21.2 Å². The van der Waals surface area contributed by atoms with Crippen LogP contribution in [0.15, 0.2) is 59.1 Å². The van der Waals surface area contributed by atoms with Crippen molar-refractivity contribution in [2.24, 2.45) is 0 Å². The summed E-state index contributed by atoms with van der Waals surface area (Å²) >= 11 is 3.44. The third-order valence-corrected chi connectivity index (χ3v) is 5.37. The van der Waals surface area contributed by atoms with Gasteiger partial charge in [-0.3, -0.25) is 9.59 Å². The monoisotopic (exact) mass is 444 g/mol. The molecule has 0 saturated carbocycles. The number of hydrogen-bond donors (Lipinski definition) is 1. The molecule has 4 nitrogen and oxygen atoms in total. The first kappa shape index (κ1) is 22.2. The molecule has 0 heterocycles. The summed E-state index contributed by atoms with van der Waals surface area (Å²) < 4.78 is 0.986. The summed E-state index contributed by atoms with van der Waals surface area (Å²) in [5.41, 5.74) is 2.04. The minimum Gasteiger partial charge on any atom is -0.352 e. The van der Waals surface area contributed by atoms with Gasteiger partial charge in [-0.25, -0.2) is 0 Å². The quantitative estimate of drug-likeness (QED) is 0.608. The Kier molecular flexibility index (Phi) is 8.71. The van der Waals surface area contributed by atoms with E-state index in [9.17, 15) is 9.59 Å². The summed E-state index contributed by atoms with van der Waals surface area (Å²) in [6.07, 6.45) is 1.70. The Bertz CT molecular complexity index is 762. The Labute approximate surface area is 176 Å². The fourth-order valence-electron chi connectivity index (χ4n) is 2.98. The number of benzene rings is 2. The Balaban J connectivity index is 2.33. The Morgan fingerprint density at radius 1 is 1.00 bits per heavy atom. The van der Waals surface area contributed by atoms with Gasteiger partial charge in [-0.15, -0.1) is 0 Å². The van der Waals surface area contributed by atoms with Crippen molar-refractivity contribution >= 4 is 27.7 Å². The minimum absolute atomic E-state index is 0.0249. The van der Waals surface area contributed by atoms with Crippen LogP contribution in [0.5, 0.6) is 0 Å². The molecule has 0 fully saturated rings. The summed E-state index contributed by atoms with van der Waals surface area (Å²) in [5, 5.41) is 3.06. The second-order valence-corrected chi connectivity index (χ2v) is 7.94. The van der Waals surface area contributed by atoms with E-state index in [1.807, 2.05) is 75.4 Å². The van der Waals surface area contributed by atoms with Gasteiger partial charge in [0.1, 0.15) is 6.04 Å². The summed E-state index contributed by atoms with van der Waals surface area (Å²) in [7, 11) is 0. The highest BCUT2D eigenvalue weighted by molar-refractivity contribution is 9.10. The maximum absolute atomic E-state index is 13.1. The second kappa shape index (κ2) is 11.0. The number of halogens is 1. The first-order chi connectivity index (χ1) is 13.4. The highest BCUT2D eigenvalue weighted by Gasteiger charge is 2.30. The van der Waals surface area contributed by atoms with E-state index in [-0.39, 0.29) is 17.9 Å². The van der Waals surface area contributed by atoms with Crippen LogP contribution in [0.2, 0.25) is 0 Å². The average molecular weight is 445 g/mol. The van der Waals surface area contributed by atoms with Gasteiger partial charge < -0.3 is 10.2 Å². The maximum Gasteiger partial charge on any atom is 0.243 e. The molecule has 28 heavy (non-hydrogen) atoms. The molecule has 2 aromatic carbocycles. The normalized spacial score (nSPS) is 12.9. The molecule has 0 aliphatic carbocycles. The molecule has 1 N–H and O–H groups in total. The van der Waals surface area contributed by atoms with Gasteiger partial charge in [0.25, 0.3) is 0 Å². The molecule has 0 saturated heterocycles. The van der Waals surface area contributed by atoms with Crippen LogP contribution in [0.1, 0.15) is 44.7 Å². The van der Waals surface area contributed by atoms with Crippen molar-refractivity contribution in [3.63, 3.8) is 0 Å². The van der Waals surface area contributed by atoms with E-state index < -0.39 is 6.04 Å². The number of carbonyl (C=O) groups excluding carboxylic acids is 2. The van der Waals surface area contributed by atoms with Crippen LogP contribution < -0.4 is 5.32 Å². The van der Waals surface area contributed by atoms with E-state index >= 15 is 0 Å². The lowest BCUT2D eigenvalue weighted by Gasteiger charge is -2.32. The summed E-state index contributed by atoms with van der Waals surface area (Å²) in [5.74, 6) is -0.125. The van der Waals surface area contributed by atoms with Crippen LogP contribution in [0.4, 0.5) is 0 Å². The smallest absolute Gasteiger partial charge is 0.243 e. The van der Waals surface area contributed by atoms with E-state index in [0.29, 0.717) is 19.4 Å². The molecule has 2 rings (SSSR count). The Morgan fingerprint density at radius 3 is 2.21 bits per heavy atom. The Hall–Kier alpha value is -2.14. The van der Waals surface area contributed by atoms with E-state index in [4.69, 9.17) is 0 Å². The lowest BCUT2D eigenvalue weighted by molar-refractivity contribution is -0.141. The molecule has 2 atom stereocenters. The van der Waals surface area contributed by atoms with Crippen molar-refractivity contribution < 1.29 is 9.59 Å². The van der Waals surface area contributed by atoms with Crippen molar-refractivity contribution in [2.75, 3.05) is 0 Å². The zero-order chi connectivity index (χ0) is 20.5. The number of carbonyl (C=O) groups is 2. The predicted molar refractivity (Wildman–Crippen MR) is 117 cm³/mol. The van der Waals surface area contributed by atoms with E-state index in [1.165, 1.54) is 0 Å². The molecule has 0 unspecified atom stereocenters. The van der Waals surface area contributed by atoms with Crippen molar-refractivity contribution in [1.29, 1.82) is 0 Å². The standard InChI is InChI=1S/C23H29BrN2O2/c1-4-17(3)25-23(28)21(15-18-9-7-6-8-10-18)26(22(27)5-2)16-19-11-13-20(24)14-12-19/h6-14,17,21H,4-5,15-16H2,1-3H3,(H,25,28)/t17-,21+/m0/s1. The fourth-order valence-corrected chi connectivity index (χ4v) is 3.25. The van der Waals surface area contributed by atoms with Crippen LogP contribution >= 0.6 is 15.9 Å². The lowest BCUT2D eigenvalue weighted by atomic mass is 10.0. The highest BCUT2D eigenvalue weighted by atomic mass is 79.9. The summed E-state index contributed by atoms with van der Waals surface area (Å²) in [6, 6.07) is 17.2. The molecule has 0 aliphatic heterocycles. The second-order valence-electron chi connectivity index (χ2n) is 7.03. The van der Waals surface area contributed by atoms with Gasteiger partial charge in [0.15, 0.2) is 0 Å². The molecule has 0 radical (unpaired) electrons. The summed E-state index contributed by atoms with van der Waals surface area (Å²) in [6.45, 7) is 6.26. The first-order valence-electron chi connectivity index (χ1n) is 9.82. The van der Waals surface area contributed by atoms with Crippen molar-refractivity contribution in [1.82, 2.24) is 10.2 Å². The molecule has 0 spiro atoms. The molecule has 2 amide bonds. The number of rotatable bonds is 9. The molecule has 5 heteroatoms. The van der Waals surface area contributed by atoms with Crippen molar-refractivity contribution in [2.45, 2.75) is 58.7 Å². The van der Waals surface area contributed by atoms with E-state index in [1.54, 1.807) is 4.90 Å². The van der Waals surface area contributed by atoms with Crippen molar-refractivity contribution in [3.05, 3.63) is 70.2 Å². The number of hydrogen-bond acceptors (Lipinski definition) is 2.